The predicted molar refractivity (Wildman–Crippen MR) is 57.8 cm³/mol. The van der Waals surface area contributed by atoms with Crippen molar-refractivity contribution in [2.45, 2.75) is 13.8 Å². The van der Waals surface area contributed by atoms with Crippen molar-refractivity contribution in [3.05, 3.63) is 41.6 Å². The maximum Gasteiger partial charge on any atom is 0.358 e. The first-order valence-electron chi connectivity index (χ1n) is 4.81. The molecule has 5 heteroatoms. The Hall–Kier alpha value is -2.17. The van der Waals surface area contributed by atoms with Crippen molar-refractivity contribution in [2.24, 2.45) is 0 Å². The number of carboxylic acids is 1. The Morgan fingerprint density at radius 3 is 2.31 bits per heavy atom. The molecule has 0 aliphatic heterocycles. The van der Waals surface area contributed by atoms with Crippen LogP contribution in [0.5, 0.6) is 0 Å². The molecule has 2 aromatic heterocycles. The highest BCUT2D eigenvalue weighted by Gasteiger charge is 2.16. The predicted octanol–water partition coefficient (Wildman–Crippen LogP) is 1.58. The van der Waals surface area contributed by atoms with Crippen LogP contribution in [0.15, 0.2) is 24.5 Å². The molecular formula is C11H11N3O2. The van der Waals surface area contributed by atoms with Crippen LogP contribution in [0, 0.1) is 13.8 Å². The fourth-order valence-electron chi connectivity index (χ4n) is 1.65. The van der Waals surface area contributed by atoms with Gasteiger partial charge in [0.05, 0.1) is 0 Å². The zero-order valence-corrected chi connectivity index (χ0v) is 9.01. The molecule has 0 spiro atoms. The third-order valence-electron chi connectivity index (χ3n) is 2.36. The van der Waals surface area contributed by atoms with E-state index in [0.29, 0.717) is 5.82 Å². The van der Waals surface area contributed by atoms with Crippen LogP contribution in [0.25, 0.3) is 5.82 Å². The molecule has 0 fully saturated rings. The summed E-state index contributed by atoms with van der Waals surface area (Å²) >= 11 is 0. The van der Waals surface area contributed by atoms with Gasteiger partial charge in [0.1, 0.15) is 0 Å². The zero-order chi connectivity index (χ0) is 11.7. The van der Waals surface area contributed by atoms with E-state index in [-0.39, 0.29) is 5.69 Å². The van der Waals surface area contributed by atoms with Crippen molar-refractivity contribution in [3.8, 4) is 5.82 Å². The quantitative estimate of drug-likeness (QED) is 0.829. The second kappa shape index (κ2) is 3.77. The van der Waals surface area contributed by atoms with E-state index in [1.807, 2.05) is 26.0 Å². The first-order valence-corrected chi connectivity index (χ1v) is 4.81. The highest BCUT2D eigenvalue weighted by Crippen LogP contribution is 2.16. The number of rotatable bonds is 2. The van der Waals surface area contributed by atoms with E-state index in [1.54, 1.807) is 4.57 Å². The summed E-state index contributed by atoms with van der Waals surface area (Å²) in [4.78, 5) is 18.9. The number of aryl methyl sites for hydroxylation is 2. The van der Waals surface area contributed by atoms with Gasteiger partial charge >= 0.3 is 5.97 Å². The minimum absolute atomic E-state index is 0.0371. The van der Waals surface area contributed by atoms with Crippen LogP contribution in [-0.4, -0.2) is 25.6 Å². The normalized spacial score (nSPS) is 10.4. The highest BCUT2D eigenvalue weighted by molar-refractivity contribution is 5.88. The summed E-state index contributed by atoms with van der Waals surface area (Å²) in [5.74, 6) is -0.717. The summed E-state index contributed by atoms with van der Waals surface area (Å²) in [5, 5.41) is 9.03. The number of carbonyl (C=O) groups is 1. The molecule has 0 amide bonds. The fourth-order valence-corrected chi connectivity index (χ4v) is 1.65. The zero-order valence-electron chi connectivity index (χ0n) is 9.01. The topological polar surface area (TPSA) is 68.0 Å². The van der Waals surface area contributed by atoms with Crippen LogP contribution in [0.4, 0.5) is 0 Å². The van der Waals surface area contributed by atoms with Gasteiger partial charge in [-0.2, -0.15) is 0 Å². The number of hydrogen-bond donors (Lipinski definition) is 1. The smallest absolute Gasteiger partial charge is 0.358 e. The van der Waals surface area contributed by atoms with Gasteiger partial charge in [-0.05, 0) is 26.0 Å². The van der Waals surface area contributed by atoms with Crippen molar-refractivity contribution < 1.29 is 9.90 Å². The van der Waals surface area contributed by atoms with Crippen LogP contribution < -0.4 is 0 Å². The Balaban J connectivity index is 2.69. The molecule has 0 aliphatic rings. The van der Waals surface area contributed by atoms with Crippen LogP contribution in [0.1, 0.15) is 21.9 Å². The van der Waals surface area contributed by atoms with Gasteiger partial charge in [-0.3, -0.25) is 0 Å². The van der Waals surface area contributed by atoms with Gasteiger partial charge in [-0.15, -0.1) is 0 Å². The van der Waals surface area contributed by atoms with E-state index >= 15 is 0 Å². The molecule has 0 atom stereocenters. The van der Waals surface area contributed by atoms with Gasteiger partial charge in [0.2, 0.25) is 0 Å². The van der Waals surface area contributed by atoms with Gasteiger partial charge in [0, 0.05) is 23.8 Å². The van der Waals surface area contributed by atoms with E-state index in [9.17, 15) is 4.79 Å². The van der Waals surface area contributed by atoms with Crippen LogP contribution in [-0.2, 0) is 0 Å². The van der Waals surface area contributed by atoms with E-state index in [4.69, 9.17) is 5.11 Å². The van der Waals surface area contributed by atoms with Crippen LogP contribution in [0.2, 0.25) is 0 Å². The molecule has 0 aliphatic carbocycles. The Morgan fingerprint density at radius 2 is 1.75 bits per heavy atom. The van der Waals surface area contributed by atoms with Crippen LogP contribution in [0.3, 0.4) is 0 Å². The Morgan fingerprint density at radius 1 is 1.19 bits per heavy atom. The van der Waals surface area contributed by atoms with Crippen molar-refractivity contribution in [2.75, 3.05) is 0 Å². The molecule has 0 saturated heterocycles. The van der Waals surface area contributed by atoms with E-state index in [2.05, 4.69) is 9.97 Å². The first-order chi connectivity index (χ1) is 7.61. The Labute approximate surface area is 92.4 Å². The van der Waals surface area contributed by atoms with Gasteiger partial charge in [0.15, 0.2) is 11.5 Å². The van der Waals surface area contributed by atoms with Gasteiger partial charge in [-0.25, -0.2) is 14.8 Å². The molecule has 2 rings (SSSR count). The van der Waals surface area contributed by atoms with Crippen molar-refractivity contribution in [1.29, 1.82) is 0 Å². The van der Waals surface area contributed by atoms with E-state index in [1.165, 1.54) is 12.4 Å². The van der Waals surface area contributed by atoms with Crippen molar-refractivity contribution in [3.63, 3.8) is 0 Å². The number of aromatic carboxylic acids is 1. The molecule has 0 saturated carbocycles. The molecule has 0 radical (unpaired) electrons. The standard InChI is InChI=1S/C11H11N3O2/c1-7-3-4-8(2)14(7)10-9(11(15)16)12-5-6-13-10/h3-6H,1-2H3,(H,15,16). The fraction of sp³-hybridized carbons (Fsp3) is 0.182. The summed E-state index contributed by atoms with van der Waals surface area (Å²) in [5.41, 5.74) is 1.82. The molecule has 0 unspecified atom stereocenters. The SMILES string of the molecule is Cc1ccc(C)n1-c1nccnc1C(=O)O. The average Bonchev–Trinajstić information content (AvgIpc) is 2.58. The minimum atomic E-state index is -1.07. The Kier molecular flexibility index (Phi) is 2.44. The molecule has 0 aromatic carbocycles. The number of hydrogen-bond acceptors (Lipinski definition) is 3. The molecule has 82 valence electrons. The van der Waals surface area contributed by atoms with Gasteiger partial charge in [0.25, 0.3) is 0 Å². The highest BCUT2D eigenvalue weighted by atomic mass is 16.4. The van der Waals surface area contributed by atoms with Crippen molar-refractivity contribution in [1.82, 2.24) is 14.5 Å². The second-order valence-electron chi connectivity index (χ2n) is 3.49. The van der Waals surface area contributed by atoms with E-state index < -0.39 is 5.97 Å². The maximum absolute atomic E-state index is 11.0. The van der Waals surface area contributed by atoms with Gasteiger partial charge < -0.3 is 9.67 Å². The third kappa shape index (κ3) is 1.56. The first kappa shape index (κ1) is 10.4. The largest absolute Gasteiger partial charge is 0.476 e. The van der Waals surface area contributed by atoms with Crippen LogP contribution >= 0.6 is 0 Å². The maximum atomic E-state index is 11.0. The number of nitrogens with zero attached hydrogens (tertiary/aromatic N) is 3. The molecule has 0 bridgehead atoms. The minimum Gasteiger partial charge on any atom is -0.476 e. The lowest BCUT2D eigenvalue weighted by Crippen LogP contribution is -2.11. The third-order valence-corrected chi connectivity index (χ3v) is 2.36. The number of carboxylic acid groups (broad SMARTS) is 1. The summed E-state index contributed by atoms with van der Waals surface area (Å²) in [6.07, 6.45) is 2.86. The molecule has 1 N–H and O–H groups in total. The lowest BCUT2D eigenvalue weighted by Gasteiger charge is -2.09. The molecular weight excluding hydrogens is 206 g/mol. The summed E-state index contributed by atoms with van der Waals surface area (Å²) in [6.45, 7) is 3.79. The van der Waals surface area contributed by atoms with Crippen molar-refractivity contribution >= 4 is 5.97 Å². The Bertz CT molecular complexity index is 526. The lowest BCUT2D eigenvalue weighted by atomic mass is 10.3. The summed E-state index contributed by atoms with van der Waals surface area (Å²) in [7, 11) is 0. The lowest BCUT2D eigenvalue weighted by molar-refractivity contribution is 0.0690. The summed E-state index contributed by atoms with van der Waals surface area (Å²) < 4.78 is 1.77. The number of aromatic nitrogens is 3. The molecule has 2 heterocycles. The molecule has 2 aromatic rings. The van der Waals surface area contributed by atoms with Gasteiger partial charge in [-0.1, -0.05) is 0 Å². The molecule has 5 nitrogen and oxygen atoms in total. The molecule has 16 heavy (non-hydrogen) atoms. The average molecular weight is 217 g/mol. The second-order valence-corrected chi connectivity index (χ2v) is 3.49. The van der Waals surface area contributed by atoms with E-state index in [0.717, 1.165) is 11.4 Å². The summed E-state index contributed by atoms with van der Waals surface area (Å²) in [6, 6.07) is 3.82. The monoisotopic (exact) mass is 217 g/mol.